The Hall–Kier alpha value is -8.95. The molecule has 7 aromatic carbocycles. The molecule has 1 aliphatic rings. The van der Waals surface area contributed by atoms with Crippen LogP contribution in [0.15, 0.2) is 188 Å². The van der Waals surface area contributed by atoms with Crippen LogP contribution in [0, 0.1) is 0 Å². The van der Waals surface area contributed by atoms with Gasteiger partial charge in [-0.1, -0.05) is 164 Å². The Labute approximate surface area is 435 Å². The number of nitrogens with one attached hydrogen (secondary N) is 4. The van der Waals surface area contributed by atoms with Crippen LogP contribution in [0.2, 0.25) is 0 Å². The van der Waals surface area contributed by atoms with Crippen LogP contribution in [-0.2, 0) is 74.5 Å². The number of benzene rings is 7. The monoisotopic (exact) mass is 1010 g/mol. The first-order valence-electron chi connectivity index (χ1n) is 24.6. The number of alkyl carbamates (subject to hydrolysis) is 2. The molecule has 75 heavy (non-hydrogen) atoms. The van der Waals surface area contributed by atoms with E-state index in [9.17, 15) is 29.1 Å². The number of ether oxygens (including phenoxy) is 5. The number of hydrogen-bond donors (Lipinski definition) is 5. The van der Waals surface area contributed by atoms with Gasteiger partial charge in [0.25, 0.3) is 0 Å². The van der Waals surface area contributed by atoms with Gasteiger partial charge in [-0.15, -0.1) is 0 Å². The summed E-state index contributed by atoms with van der Waals surface area (Å²) in [5.41, 5.74) is 6.43. The summed E-state index contributed by atoms with van der Waals surface area (Å²) in [6.45, 7) is -0.240. The van der Waals surface area contributed by atoms with Crippen molar-refractivity contribution in [1.82, 2.24) is 21.3 Å². The first kappa shape index (κ1) is 52.4. The smallest absolute Gasteiger partial charge is 0.408 e. The number of aliphatic hydroxyl groups excluding tert-OH is 1. The molecule has 0 unspecified atom stereocenters. The third-order valence-corrected chi connectivity index (χ3v) is 12.3. The maximum absolute atomic E-state index is 14.8. The van der Waals surface area contributed by atoms with Crippen LogP contribution < -0.4 is 30.7 Å². The van der Waals surface area contributed by atoms with Gasteiger partial charge in [0.2, 0.25) is 11.8 Å². The minimum absolute atomic E-state index is 0.0301. The second kappa shape index (κ2) is 26.7. The van der Waals surface area contributed by atoms with Gasteiger partial charge in [-0.05, 0) is 74.3 Å². The Morgan fingerprint density at radius 3 is 1.41 bits per heavy atom. The molecule has 384 valence electrons. The third-order valence-electron chi connectivity index (χ3n) is 12.3. The van der Waals surface area contributed by atoms with E-state index >= 15 is 0 Å². The highest BCUT2D eigenvalue weighted by Crippen LogP contribution is 2.33. The average Bonchev–Trinajstić information content (AvgIpc) is 3.44. The SMILES string of the molecule is O=C(NC[C@H](O)C[C@@H]1NC(=O)[C@@H](NC(=O)OCc2ccccc2)Cc2cc(ccc2OCc2ccccc2)-c2ccc(OCc3ccccc3)c(c2)C[C@@H](C(=O)OCc2ccccc2)NC1=O)OCc1ccccc1. The minimum Gasteiger partial charge on any atom is -0.489 e. The van der Waals surface area contributed by atoms with E-state index in [4.69, 9.17) is 23.7 Å². The molecule has 0 radical (unpaired) electrons. The van der Waals surface area contributed by atoms with Gasteiger partial charge < -0.3 is 50.1 Å². The summed E-state index contributed by atoms with van der Waals surface area (Å²) in [6.07, 6.45) is -3.94. The first-order valence-corrected chi connectivity index (χ1v) is 24.6. The van der Waals surface area contributed by atoms with Crippen molar-refractivity contribution in [2.45, 2.75) is 76.5 Å². The summed E-state index contributed by atoms with van der Waals surface area (Å²) in [4.78, 5) is 70.5. The number of hydrogen-bond acceptors (Lipinski definition) is 11. The van der Waals surface area contributed by atoms with E-state index in [1.165, 1.54) is 0 Å². The van der Waals surface area contributed by atoms with Crippen LogP contribution in [0.4, 0.5) is 9.59 Å². The second-order valence-electron chi connectivity index (χ2n) is 17.9. The summed E-state index contributed by atoms with van der Waals surface area (Å²) in [5.74, 6) is -1.63. The molecule has 4 bridgehead atoms. The largest absolute Gasteiger partial charge is 0.489 e. The third kappa shape index (κ3) is 16.0. The van der Waals surface area contributed by atoms with Gasteiger partial charge in [0.1, 0.15) is 62.7 Å². The molecule has 8 rings (SSSR count). The van der Waals surface area contributed by atoms with Crippen molar-refractivity contribution in [1.29, 1.82) is 0 Å². The molecule has 15 nitrogen and oxygen atoms in total. The fourth-order valence-electron chi connectivity index (χ4n) is 8.27. The van der Waals surface area contributed by atoms with Crippen LogP contribution in [0.5, 0.6) is 11.5 Å². The maximum Gasteiger partial charge on any atom is 0.408 e. The quantitative estimate of drug-likeness (QED) is 0.0409. The highest BCUT2D eigenvalue weighted by molar-refractivity contribution is 5.93. The molecule has 4 amide bonds. The molecule has 1 aliphatic heterocycles. The van der Waals surface area contributed by atoms with E-state index in [1.807, 2.05) is 115 Å². The topological polar surface area (TPSA) is 200 Å². The number of aliphatic hydroxyl groups is 1. The zero-order valence-corrected chi connectivity index (χ0v) is 41.1. The van der Waals surface area contributed by atoms with Gasteiger partial charge in [-0.2, -0.15) is 0 Å². The van der Waals surface area contributed by atoms with Crippen molar-refractivity contribution >= 4 is 30.0 Å². The van der Waals surface area contributed by atoms with Crippen molar-refractivity contribution in [2.24, 2.45) is 0 Å². The lowest BCUT2D eigenvalue weighted by Gasteiger charge is -2.27. The summed E-state index contributed by atoms with van der Waals surface area (Å²) in [5, 5.41) is 22.3. The number of carbonyl (C=O) groups excluding carboxylic acids is 5. The molecule has 15 heteroatoms. The Balaban J connectivity index is 1.16. The number of carbonyl (C=O) groups is 5. The molecule has 4 atom stereocenters. The maximum atomic E-state index is 14.8. The van der Waals surface area contributed by atoms with Crippen molar-refractivity contribution < 1.29 is 52.8 Å². The lowest BCUT2D eigenvalue weighted by atomic mass is 9.95. The van der Waals surface area contributed by atoms with E-state index in [-0.39, 0.29) is 52.4 Å². The Morgan fingerprint density at radius 2 is 0.933 bits per heavy atom. The summed E-state index contributed by atoms with van der Waals surface area (Å²) in [6, 6.07) is 53.0. The molecule has 0 saturated heterocycles. The van der Waals surface area contributed by atoms with Gasteiger partial charge in [0.15, 0.2) is 0 Å². The van der Waals surface area contributed by atoms with Crippen molar-refractivity contribution in [3.05, 3.63) is 227 Å². The molecule has 0 aromatic heterocycles. The predicted octanol–water partition coefficient (Wildman–Crippen LogP) is 8.30. The highest BCUT2D eigenvalue weighted by Gasteiger charge is 2.34. The van der Waals surface area contributed by atoms with E-state index in [2.05, 4.69) is 21.3 Å². The summed E-state index contributed by atoms with van der Waals surface area (Å²) >= 11 is 0. The van der Waals surface area contributed by atoms with Gasteiger partial charge in [-0.25, -0.2) is 14.4 Å². The molecule has 0 fully saturated rings. The number of amides is 4. The molecule has 1 heterocycles. The van der Waals surface area contributed by atoms with E-state index in [1.54, 1.807) is 72.8 Å². The number of fused-ring (bicyclic) bond motifs is 5. The van der Waals surface area contributed by atoms with Crippen LogP contribution in [0.1, 0.15) is 45.4 Å². The van der Waals surface area contributed by atoms with Crippen LogP contribution >= 0.6 is 0 Å². The summed E-state index contributed by atoms with van der Waals surface area (Å²) in [7, 11) is 0. The van der Waals surface area contributed by atoms with E-state index in [0.29, 0.717) is 44.9 Å². The molecule has 7 aromatic rings. The Kier molecular flexibility index (Phi) is 18.6. The van der Waals surface area contributed by atoms with Crippen LogP contribution in [0.25, 0.3) is 11.1 Å². The molecular formula is C60H58N4O11. The molecule has 0 aliphatic carbocycles. The van der Waals surface area contributed by atoms with Crippen LogP contribution in [0.3, 0.4) is 0 Å². The second-order valence-corrected chi connectivity index (χ2v) is 17.9. The lowest BCUT2D eigenvalue weighted by Crippen LogP contribution is -2.57. The fourth-order valence-corrected chi connectivity index (χ4v) is 8.27. The molecule has 5 N–H and O–H groups in total. The fraction of sp³-hybridized carbons (Fsp3) is 0.217. The average molecular weight is 1010 g/mol. The van der Waals surface area contributed by atoms with Crippen molar-refractivity contribution in [3.63, 3.8) is 0 Å². The van der Waals surface area contributed by atoms with Crippen molar-refractivity contribution in [3.8, 4) is 22.6 Å². The van der Waals surface area contributed by atoms with Gasteiger partial charge in [-0.3, -0.25) is 9.59 Å². The Morgan fingerprint density at radius 1 is 0.507 bits per heavy atom. The molecular weight excluding hydrogens is 953 g/mol. The first-order chi connectivity index (χ1) is 36.6. The number of rotatable bonds is 18. The van der Waals surface area contributed by atoms with Gasteiger partial charge >= 0.3 is 18.2 Å². The molecule has 0 saturated carbocycles. The van der Waals surface area contributed by atoms with E-state index < -0.39 is 60.6 Å². The standard InChI is InChI=1S/C60H58N4O11/c65-50(35-61-59(69)74-39-44-22-12-4-13-23-44)34-52-57(67)63-53(58(68)73-38-43-20-10-3-11-21-43)33-49-31-47(27-29-55(49)72-37-42-18-8-2-9-19-42)46-26-28-54(71-36-41-16-6-1-7-17-41)48(30-46)32-51(56(66)62-52)64-60(70)75-40-45-24-14-5-15-25-45/h1-31,50-53,65H,32-40H2,(H,61,69)(H,62,66)(H,63,67)(H,64,70)/t50-,51+,52+,53+/m1/s1. The number of esters is 1. The minimum atomic E-state index is -1.56. The van der Waals surface area contributed by atoms with Gasteiger partial charge in [0.05, 0.1) is 6.10 Å². The highest BCUT2D eigenvalue weighted by atomic mass is 16.6. The normalized spacial score (nSPS) is 15.8. The molecule has 0 spiro atoms. The zero-order valence-electron chi connectivity index (χ0n) is 41.1. The van der Waals surface area contributed by atoms with Crippen molar-refractivity contribution in [2.75, 3.05) is 6.54 Å². The summed E-state index contributed by atoms with van der Waals surface area (Å²) < 4.78 is 29.6. The predicted molar refractivity (Wildman–Crippen MR) is 280 cm³/mol. The van der Waals surface area contributed by atoms with E-state index in [0.717, 1.165) is 16.7 Å². The van der Waals surface area contributed by atoms with Crippen LogP contribution in [-0.4, -0.2) is 65.9 Å². The zero-order chi connectivity index (χ0) is 52.2. The Bertz CT molecular complexity index is 2980. The lowest BCUT2D eigenvalue weighted by molar-refractivity contribution is -0.149. The van der Waals surface area contributed by atoms with Gasteiger partial charge in [0, 0.05) is 25.8 Å².